The monoisotopic (exact) mass is 371 g/mol. The van der Waals surface area contributed by atoms with Crippen molar-refractivity contribution in [3.05, 3.63) is 35.7 Å². The molecule has 0 spiro atoms. The van der Waals surface area contributed by atoms with Crippen LogP contribution in [0.1, 0.15) is 62.6 Å². The molecule has 1 aromatic carbocycles. The second-order valence-corrected chi connectivity index (χ2v) is 7.13. The number of benzene rings is 1. The van der Waals surface area contributed by atoms with Gasteiger partial charge < -0.3 is 10.1 Å². The molecule has 144 valence electrons. The molecule has 8 heteroatoms. The number of carbonyl (C=O) groups is 2. The predicted octanol–water partition coefficient (Wildman–Crippen LogP) is 2.38. The van der Waals surface area contributed by atoms with E-state index < -0.39 is 11.5 Å². The van der Waals surface area contributed by atoms with Crippen LogP contribution in [0.2, 0.25) is 0 Å². The summed E-state index contributed by atoms with van der Waals surface area (Å²) in [6.07, 6.45) is 3.50. The Labute approximate surface area is 158 Å². The molecular weight excluding hydrogens is 346 g/mol. The summed E-state index contributed by atoms with van der Waals surface area (Å²) in [5.74, 6) is 0.686. The maximum atomic E-state index is 12.1. The van der Waals surface area contributed by atoms with E-state index in [2.05, 4.69) is 27.8 Å². The van der Waals surface area contributed by atoms with Crippen molar-refractivity contribution in [3.63, 3.8) is 0 Å². The lowest BCUT2D eigenvalue weighted by Crippen LogP contribution is -2.49. The molecule has 0 radical (unpaired) electrons. The summed E-state index contributed by atoms with van der Waals surface area (Å²) in [4.78, 5) is 24.0. The molecule has 1 aliphatic carbocycles. The Bertz CT molecular complexity index is 824. The first kappa shape index (κ1) is 19.0. The fourth-order valence-corrected chi connectivity index (χ4v) is 3.63. The Morgan fingerprint density at radius 2 is 2.07 bits per heavy atom. The number of carbonyl (C=O) groups excluding carboxylic acids is 2. The number of nitrogens with one attached hydrogen (secondary N) is 1. The highest BCUT2D eigenvalue weighted by atomic mass is 16.5. The van der Waals surface area contributed by atoms with Crippen molar-refractivity contribution in [1.82, 2.24) is 25.5 Å². The number of ether oxygens (including phenoxy) is 1. The molecule has 1 aliphatic rings. The molecule has 1 saturated carbocycles. The van der Waals surface area contributed by atoms with E-state index in [1.165, 1.54) is 6.92 Å². The summed E-state index contributed by atoms with van der Waals surface area (Å²) < 4.78 is 6.68. The Balaban J connectivity index is 2.00. The molecule has 0 atom stereocenters. The van der Waals surface area contributed by atoms with E-state index in [9.17, 15) is 9.59 Å². The third-order valence-corrected chi connectivity index (χ3v) is 5.04. The standard InChI is InChI=1S/C19H25N5O3/c1-4-27-17(26)15-6-5-7-16(12-15)24-18(21-22-23-24)19(20-14(3)25)10-8-13(2)9-11-19/h5-7,12-13H,4,8-11H2,1-3H3,(H,20,25). The average Bonchev–Trinajstić information content (AvgIpc) is 3.14. The van der Waals surface area contributed by atoms with Gasteiger partial charge in [-0.2, -0.15) is 4.68 Å². The largest absolute Gasteiger partial charge is 0.462 e. The van der Waals surface area contributed by atoms with Crippen LogP contribution in [0.15, 0.2) is 24.3 Å². The molecule has 2 aromatic rings. The minimum atomic E-state index is -0.609. The topological polar surface area (TPSA) is 99.0 Å². The number of esters is 1. The van der Waals surface area contributed by atoms with Crippen molar-refractivity contribution in [3.8, 4) is 5.69 Å². The van der Waals surface area contributed by atoms with Gasteiger partial charge >= 0.3 is 5.97 Å². The molecule has 1 amide bonds. The van der Waals surface area contributed by atoms with E-state index in [0.29, 0.717) is 29.6 Å². The lowest BCUT2D eigenvalue weighted by Gasteiger charge is -2.38. The minimum absolute atomic E-state index is 0.112. The van der Waals surface area contributed by atoms with Gasteiger partial charge in [-0.25, -0.2) is 4.79 Å². The highest BCUT2D eigenvalue weighted by Crippen LogP contribution is 2.39. The molecule has 8 nitrogen and oxygen atoms in total. The number of tetrazole rings is 1. The van der Waals surface area contributed by atoms with Gasteiger partial charge in [-0.15, -0.1) is 5.10 Å². The summed E-state index contributed by atoms with van der Waals surface area (Å²) in [6, 6.07) is 6.98. The summed E-state index contributed by atoms with van der Waals surface area (Å²) >= 11 is 0. The van der Waals surface area contributed by atoms with Gasteiger partial charge in [-0.3, -0.25) is 4.79 Å². The normalized spacial score (nSPS) is 22.3. The molecule has 1 aromatic heterocycles. The van der Waals surface area contributed by atoms with Crippen LogP contribution >= 0.6 is 0 Å². The number of rotatable bonds is 5. The Hall–Kier alpha value is -2.77. The van der Waals surface area contributed by atoms with E-state index in [0.717, 1.165) is 25.7 Å². The molecule has 0 saturated heterocycles. The fourth-order valence-electron chi connectivity index (χ4n) is 3.63. The zero-order chi connectivity index (χ0) is 19.4. The van der Waals surface area contributed by atoms with Crippen molar-refractivity contribution in [2.24, 2.45) is 5.92 Å². The average molecular weight is 371 g/mol. The summed E-state index contributed by atoms with van der Waals surface area (Å²) in [6.45, 7) is 5.80. The Morgan fingerprint density at radius 3 is 2.74 bits per heavy atom. The van der Waals surface area contributed by atoms with Crippen LogP contribution in [-0.4, -0.2) is 38.7 Å². The number of hydrogen-bond acceptors (Lipinski definition) is 6. The van der Waals surface area contributed by atoms with Crippen molar-refractivity contribution in [2.45, 2.75) is 52.0 Å². The van der Waals surface area contributed by atoms with E-state index in [-0.39, 0.29) is 5.91 Å². The molecule has 1 fully saturated rings. The van der Waals surface area contributed by atoms with Gasteiger partial charge in [0, 0.05) is 6.92 Å². The number of amides is 1. The maximum absolute atomic E-state index is 12.1. The van der Waals surface area contributed by atoms with Crippen molar-refractivity contribution in [2.75, 3.05) is 6.61 Å². The van der Waals surface area contributed by atoms with Crippen LogP contribution in [0.3, 0.4) is 0 Å². The van der Waals surface area contributed by atoms with Crippen LogP contribution in [0.4, 0.5) is 0 Å². The smallest absolute Gasteiger partial charge is 0.338 e. The van der Waals surface area contributed by atoms with Crippen LogP contribution in [0, 0.1) is 5.92 Å². The number of aromatic nitrogens is 4. The van der Waals surface area contributed by atoms with Gasteiger partial charge in [0.05, 0.1) is 17.9 Å². The third kappa shape index (κ3) is 3.99. The number of hydrogen-bond donors (Lipinski definition) is 1. The SMILES string of the molecule is CCOC(=O)c1cccc(-n2nnnc2C2(NC(C)=O)CCC(C)CC2)c1. The zero-order valence-electron chi connectivity index (χ0n) is 15.9. The lowest BCUT2D eigenvalue weighted by molar-refractivity contribution is -0.121. The van der Waals surface area contributed by atoms with E-state index >= 15 is 0 Å². The van der Waals surface area contributed by atoms with Crippen molar-refractivity contribution in [1.29, 1.82) is 0 Å². The second-order valence-electron chi connectivity index (χ2n) is 7.13. The maximum Gasteiger partial charge on any atom is 0.338 e. The summed E-state index contributed by atoms with van der Waals surface area (Å²) in [7, 11) is 0. The first-order valence-electron chi connectivity index (χ1n) is 9.30. The van der Waals surface area contributed by atoms with Crippen LogP contribution in [-0.2, 0) is 15.1 Å². The van der Waals surface area contributed by atoms with E-state index in [1.807, 2.05) is 6.07 Å². The van der Waals surface area contributed by atoms with Gasteiger partial charge in [-0.05, 0) is 67.2 Å². The number of nitrogens with zero attached hydrogens (tertiary/aromatic N) is 4. The van der Waals surface area contributed by atoms with Gasteiger partial charge in [0.15, 0.2) is 5.82 Å². The zero-order valence-corrected chi connectivity index (χ0v) is 15.9. The molecule has 0 unspecified atom stereocenters. The molecule has 0 bridgehead atoms. The van der Waals surface area contributed by atoms with Crippen molar-refractivity contribution >= 4 is 11.9 Å². The molecular formula is C19H25N5O3. The quantitative estimate of drug-likeness (QED) is 0.810. The molecule has 0 aliphatic heterocycles. The van der Waals surface area contributed by atoms with Gasteiger partial charge in [0.1, 0.15) is 5.54 Å². The molecule has 1 heterocycles. The van der Waals surface area contributed by atoms with Gasteiger partial charge in [0.25, 0.3) is 0 Å². The minimum Gasteiger partial charge on any atom is -0.462 e. The van der Waals surface area contributed by atoms with Gasteiger partial charge in [-0.1, -0.05) is 13.0 Å². The molecule has 27 heavy (non-hydrogen) atoms. The first-order chi connectivity index (χ1) is 12.9. The van der Waals surface area contributed by atoms with Crippen molar-refractivity contribution < 1.29 is 14.3 Å². The second kappa shape index (κ2) is 7.85. The summed E-state index contributed by atoms with van der Waals surface area (Å²) in [5, 5.41) is 15.3. The Kier molecular flexibility index (Phi) is 5.53. The van der Waals surface area contributed by atoms with E-state index in [4.69, 9.17) is 4.74 Å². The van der Waals surface area contributed by atoms with Gasteiger partial charge in [0.2, 0.25) is 5.91 Å². The fraction of sp³-hybridized carbons (Fsp3) is 0.526. The van der Waals surface area contributed by atoms with Crippen LogP contribution in [0.25, 0.3) is 5.69 Å². The predicted molar refractivity (Wildman–Crippen MR) is 98.2 cm³/mol. The Morgan fingerprint density at radius 1 is 1.33 bits per heavy atom. The highest BCUT2D eigenvalue weighted by molar-refractivity contribution is 5.90. The van der Waals surface area contributed by atoms with Crippen LogP contribution < -0.4 is 5.32 Å². The third-order valence-electron chi connectivity index (χ3n) is 5.04. The van der Waals surface area contributed by atoms with E-state index in [1.54, 1.807) is 29.8 Å². The molecule has 1 N–H and O–H groups in total. The van der Waals surface area contributed by atoms with Crippen LogP contribution in [0.5, 0.6) is 0 Å². The molecule has 3 rings (SSSR count). The summed E-state index contributed by atoms with van der Waals surface area (Å²) in [5.41, 5.74) is 0.479. The first-order valence-corrected chi connectivity index (χ1v) is 9.30. The lowest BCUT2D eigenvalue weighted by atomic mass is 9.76. The highest BCUT2D eigenvalue weighted by Gasteiger charge is 2.41.